The van der Waals surface area contributed by atoms with Crippen LogP contribution in [0, 0.1) is 0 Å². The summed E-state index contributed by atoms with van der Waals surface area (Å²) in [6.07, 6.45) is 40.8. The Hall–Kier alpha value is -2.17. The van der Waals surface area contributed by atoms with Crippen molar-refractivity contribution in [2.45, 2.75) is 116 Å². The monoisotopic (exact) mass is 528 g/mol. The molecule has 0 aromatic rings. The van der Waals surface area contributed by atoms with Crippen molar-refractivity contribution < 1.29 is 19.4 Å². The molecule has 0 saturated heterocycles. The number of aliphatic hydroxyl groups is 1. The van der Waals surface area contributed by atoms with Gasteiger partial charge in [-0.15, -0.1) is 0 Å². The molecule has 0 rings (SSSR count). The first-order chi connectivity index (χ1) is 18.7. The van der Waals surface area contributed by atoms with Crippen LogP contribution < -0.4 is 0 Å². The Kier molecular flexibility index (Phi) is 29.3. The number of unbranched alkanes of at least 4 members (excludes halogenated alkanes) is 6. The van der Waals surface area contributed by atoms with E-state index in [1.807, 2.05) is 6.08 Å². The topological polar surface area (TPSA) is 55.8 Å². The van der Waals surface area contributed by atoms with Gasteiger partial charge in [0.15, 0.2) is 0 Å². The lowest BCUT2D eigenvalue weighted by molar-refractivity contribution is -0.154. The fourth-order valence-corrected chi connectivity index (χ4v) is 3.59. The van der Waals surface area contributed by atoms with Crippen molar-refractivity contribution >= 4 is 5.97 Å². The molecule has 0 aliphatic heterocycles. The number of hydrogen-bond donors (Lipinski definition) is 1. The minimum Gasteiger partial charge on any atom is -0.457 e. The molecule has 1 atom stereocenters. The molecule has 0 heterocycles. The van der Waals surface area contributed by atoms with Gasteiger partial charge in [-0.2, -0.15) is 0 Å². The normalized spacial score (nSPS) is 13.4. The van der Waals surface area contributed by atoms with Crippen LogP contribution in [0.1, 0.15) is 110 Å². The Morgan fingerprint density at radius 1 is 0.658 bits per heavy atom. The first-order valence-corrected chi connectivity index (χ1v) is 15.0. The minimum atomic E-state index is -0.572. The lowest BCUT2D eigenvalue weighted by Crippen LogP contribution is -2.27. The van der Waals surface area contributed by atoms with Crippen molar-refractivity contribution in [1.29, 1.82) is 0 Å². The predicted molar refractivity (Wildman–Crippen MR) is 163 cm³/mol. The van der Waals surface area contributed by atoms with Crippen LogP contribution in [0.25, 0.3) is 0 Å². The van der Waals surface area contributed by atoms with Gasteiger partial charge in [-0.3, -0.25) is 4.79 Å². The van der Waals surface area contributed by atoms with Crippen LogP contribution in [0.4, 0.5) is 0 Å². The fraction of sp³-hybridized carbons (Fsp3) is 0.618. The average Bonchev–Trinajstić information content (AvgIpc) is 2.92. The summed E-state index contributed by atoms with van der Waals surface area (Å²) < 4.78 is 10.9. The summed E-state index contributed by atoms with van der Waals surface area (Å²) >= 11 is 0. The second-order valence-corrected chi connectivity index (χ2v) is 9.44. The first-order valence-electron chi connectivity index (χ1n) is 15.0. The molecule has 4 heteroatoms. The van der Waals surface area contributed by atoms with Gasteiger partial charge < -0.3 is 14.6 Å². The second kappa shape index (κ2) is 31.1. The molecule has 0 aliphatic rings. The van der Waals surface area contributed by atoms with Crippen LogP contribution in [0.5, 0.6) is 0 Å². The number of carbonyl (C=O) groups excluding carboxylic acids is 1. The van der Waals surface area contributed by atoms with Gasteiger partial charge in [0, 0.05) is 13.0 Å². The van der Waals surface area contributed by atoms with Gasteiger partial charge in [-0.05, 0) is 51.4 Å². The van der Waals surface area contributed by atoms with E-state index in [1.54, 1.807) is 0 Å². The summed E-state index contributed by atoms with van der Waals surface area (Å²) in [6, 6.07) is 0. The molecule has 1 N–H and O–H groups in total. The molecule has 0 bridgehead atoms. The lowest BCUT2D eigenvalue weighted by Gasteiger charge is -2.15. The third kappa shape index (κ3) is 28.4. The molecular weight excluding hydrogens is 472 g/mol. The molecule has 216 valence electrons. The third-order valence-corrected chi connectivity index (χ3v) is 5.81. The number of esters is 1. The van der Waals surface area contributed by atoms with Gasteiger partial charge >= 0.3 is 5.97 Å². The van der Waals surface area contributed by atoms with Crippen molar-refractivity contribution in [3.8, 4) is 0 Å². The van der Waals surface area contributed by atoms with E-state index in [9.17, 15) is 9.90 Å². The van der Waals surface area contributed by atoms with E-state index in [2.05, 4.69) is 80.7 Å². The van der Waals surface area contributed by atoms with Crippen LogP contribution in [0.3, 0.4) is 0 Å². The van der Waals surface area contributed by atoms with Crippen molar-refractivity contribution in [1.82, 2.24) is 0 Å². The van der Waals surface area contributed by atoms with E-state index in [1.165, 1.54) is 38.5 Å². The number of rotatable bonds is 26. The predicted octanol–water partition coefficient (Wildman–Crippen LogP) is 9.14. The Labute approximate surface area is 234 Å². The highest BCUT2D eigenvalue weighted by atomic mass is 16.6. The van der Waals surface area contributed by atoms with Crippen LogP contribution in [0.15, 0.2) is 72.9 Å². The number of carbonyl (C=O) groups is 1. The maximum Gasteiger partial charge on any atom is 0.306 e. The van der Waals surface area contributed by atoms with Gasteiger partial charge in [-0.1, -0.05) is 125 Å². The molecule has 0 aromatic heterocycles. The highest BCUT2D eigenvalue weighted by molar-refractivity contribution is 5.69. The van der Waals surface area contributed by atoms with Crippen molar-refractivity contribution in [2.75, 3.05) is 19.8 Å². The summed E-state index contributed by atoms with van der Waals surface area (Å²) in [5.41, 5.74) is 0. The van der Waals surface area contributed by atoms with E-state index in [4.69, 9.17) is 9.47 Å². The van der Waals surface area contributed by atoms with Gasteiger partial charge in [0.1, 0.15) is 6.10 Å². The Morgan fingerprint density at radius 2 is 1.13 bits per heavy atom. The highest BCUT2D eigenvalue weighted by Crippen LogP contribution is 2.07. The molecule has 0 saturated carbocycles. The van der Waals surface area contributed by atoms with E-state index < -0.39 is 6.10 Å². The maximum atomic E-state index is 12.0. The zero-order valence-corrected chi connectivity index (χ0v) is 24.4. The standard InChI is InChI=1S/C34H56O4/c1-3-5-7-9-11-12-13-14-15-16-17-18-19-20-21-22-23-25-27-29-34(36)38-33(31-35)32-37-30-28-26-24-10-8-6-4-2/h5,7,11-12,14-15,17-18,20-21,23,25,33,35H,3-4,6,8-10,13,16,19,22,24,26-32H2,1-2H3/b7-5-,12-11-,15-14-,18-17-,21-20-,25-23-. The van der Waals surface area contributed by atoms with Gasteiger partial charge in [0.2, 0.25) is 0 Å². The highest BCUT2D eigenvalue weighted by Gasteiger charge is 2.13. The number of aliphatic hydroxyl groups excluding tert-OH is 1. The summed E-state index contributed by atoms with van der Waals surface area (Å²) in [7, 11) is 0. The van der Waals surface area contributed by atoms with Crippen molar-refractivity contribution in [3.05, 3.63) is 72.9 Å². The summed E-state index contributed by atoms with van der Waals surface area (Å²) in [5.74, 6) is -0.289. The van der Waals surface area contributed by atoms with Gasteiger partial charge in [0.05, 0.1) is 13.2 Å². The van der Waals surface area contributed by atoms with Crippen molar-refractivity contribution in [3.63, 3.8) is 0 Å². The molecule has 1 unspecified atom stereocenters. The summed E-state index contributed by atoms with van der Waals surface area (Å²) in [6.45, 7) is 5.09. The maximum absolute atomic E-state index is 12.0. The minimum absolute atomic E-state index is 0.206. The number of hydrogen-bond acceptors (Lipinski definition) is 4. The zero-order valence-electron chi connectivity index (χ0n) is 24.4. The summed E-state index contributed by atoms with van der Waals surface area (Å²) in [4.78, 5) is 12.0. The van der Waals surface area contributed by atoms with Crippen LogP contribution >= 0.6 is 0 Å². The molecule has 0 spiro atoms. The van der Waals surface area contributed by atoms with Gasteiger partial charge in [-0.25, -0.2) is 0 Å². The molecule has 0 aliphatic carbocycles. The van der Waals surface area contributed by atoms with Crippen LogP contribution in [0.2, 0.25) is 0 Å². The Morgan fingerprint density at radius 3 is 1.63 bits per heavy atom. The molecule has 0 aromatic carbocycles. The number of allylic oxidation sites excluding steroid dienone is 12. The average molecular weight is 529 g/mol. The van der Waals surface area contributed by atoms with Crippen LogP contribution in [-0.4, -0.2) is 37.0 Å². The molecule has 0 amide bonds. The van der Waals surface area contributed by atoms with Crippen LogP contribution in [-0.2, 0) is 14.3 Å². The Balaban J connectivity index is 3.70. The second-order valence-electron chi connectivity index (χ2n) is 9.44. The fourth-order valence-electron chi connectivity index (χ4n) is 3.59. The molecule has 4 nitrogen and oxygen atoms in total. The van der Waals surface area contributed by atoms with Crippen molar-refractivity contribution in [2.24, 2.45) is 0 Å². The first kappa shape index (κ1) is 35.8. The van der Waals surface area contributed by atoms with E-state index in [0.717, 1.165) is 44.9 Å². The Bertz CT molecular complexity index is 685. The quantitative estimate of drug-likeness (QED) is 0.0691. The zero-order chi connectivity index (χ0) is 27.8. The van der Waals surface area contributed by atoms with E-state index >= 15 is 0 Å². The third-order valence-electron chi connectivity index (χ3n) is 5.81. The lowest BCUT2D eigenvalue weighted by atomic mass is 10.1. The molecule has 0 fully saturated rings. The smallest absolute Gasteiger partial charge is 0.306 e. The summed E-state index contributed by atoms with van der Waals surface area (Å²) in [5, 5.41) is 9.44. The van der Waals surface area contributed by atoms with E-state index in [0.29, 0.717) is 19.4 Å². The van der Waals surface area contributed by atoms with E-state index in [-0.39, 0.29) is 19.2 Å². The number of ether oxygens (including phenoxy) is 2. The SMILES string of the molecule is CC/C=C\C/C=C\C/C=C\C/C=C\C/C=C\C/C=C\CCC(=O)OC(CO)COCCCCCCCCC. The van der Waals surface area contributed by atoms with Gasteiger partial charge in [0.25, 0.3) is 0 Å². The largest absolute Gasteiger partial charge is 0.457 e. The molecule has 38 heavy (non-hydrogen) atoms. The molecule has 0 radical (unpaired) electrons. The molecular formula is C34H56O4.